The highest BCUT2D eigenvalue weighted by Crippen LogP contribution is 2.26. The van der Waals surface area contributed by atoms with Crippen LogP contribution in [0.2, 0.25) is 0 Å². The van der Waals surface area contributed by atoms with Crippen molar-refractivity contribution in [1.82, 2.24) is 20.4 Å². The summed E-state index contributed by atoms with van der Waals surface area (Å²) in [6, 6.07) is 0.327. The molecule has 3 rings (SSSR count). The Balaban J connectivity index is 1.46. The van der Waals surface area contributed by atoms with Gasteiger partial charge in [0.1, 0.15) is 0 Å². The molecule has 0 aromatic carbocycles. The van der Waals surface area contributed by atoms with Gasteiger partial charge in [-0.05, 0) is 65.1 Å². The van der Waals surface area contributed by atoms with Crippen LogP contribution in [-0.2, 0) is 4.79 Å². The largest absolute Gasteiger partial charge is 0.357 e. The zero-order valence-corrected chi connectivity index (χ0v) is 17.4. The number of likely N-dealkylation sites (tertiary alicyclic amines) is 2. The minimum atomic E-state index is 0.281. The van der Waals surface area contributed by atoms with Gasteiger partial charge in [0.2, 0.25) is 5.91 Å². The van der Waals surface area contributed by atoms with E-state index in [-0.39, 0.29) is 5.92 Å². The van der Waals surface area contributed by atoms with Gasteiger partial charge in [-0.25, -0.2) is 0 Å². The first-order chi connectivity index (χ1) is 13.2. The molecule has 0 bridgehead atoms. The Kier molecular flexibility index (Phi) is 7.80. The van der Waals surface area contributed by atoms with Gasteiger partial charge < -0.3 is 20.4 Å². The molecule has 1 saturated carbocycles. The zero-order valence-electron chi connectivity index (χ0n) is 17.4. The molecule has 6 heteroatoms. The van der Waals surface area contributed by atoms with Gasteiger partial charge in [0.05, 0.1) is 0 Å². The van der Waals surface area contributed by atoms with Crippen molar-refractivity contribution in [3.63, 3.8) is 0 Å². The fourth-order valence-corrected chi connectivity index (χ4v) is 4.66. The van der Waals surface area contributed by atoms with Crippen LogP contribution in [0.15, 0.2) is 4.99 Å². The molecule has 2 heterocycles. The lowest BCUT2D eigenvalue weighted by Gasteiger charge is -2.28. The summed E-state index contributed by atoms with van der Waals surface area (Å²) in [4.78, 5) is 22.1. The lowest BCUT2D eigenvalue weighted by molar-refractivity contribution is -0.135. The van der Waals surface area contributed by atoms with Gasteiger partial charge in [0, 0.05) is 38.1 Å². The van der Waals surface area contributed by atoms with Crippen LogP contribution in [0.5, 0.6) is 0 Å². The van der Waals surface area contributed by atoms with Gasteiger partial charge in [-0.3, -0.25) is 9.79 Å². The van der Waals surface area contributed by atoms with E-state index in [0.29, 0.717) is 17.9 Å². The number of piperidine rings is 1. The predicted molar refractivity (Wildman–Crippen MR) is 111 cm³/mol. The molecule has 1 aliphatic carbocycles. The quantitative estimate of drug-likeness (QED) is 0.569. The zero-order chi connectivity index (χ0) is 19.1. The average molecular weight is 378 g/mol. The third-order valence-electron chi connectivity index (χ3n) is 6.49. The van der Waals surface area contributed by atoms with Gasteiger partial charge >= 0.3 is 0 Å². The van der Waals surface area contributed by atoms with E-state index in [9.17, 15) is 4.79 Å². The molecule has 1 atom stereocenters. The molecule has 27 heavy (non-hydrogen) atoms. The second-order valence-corrected chi connectivity index (χ2v) is 8.72. The van der Waals surface area contributed by atoms with Crippen molar-refractivity contribution in [2.45, 2.75) is 64.3 Å². The summed E-state index contributed by atoms with van der Waals surface area (Å²) in [5.74, 6) is 2.30. The molecule has 1 unspecified atom stereocenters. The van der Waals surface area contributed by atoms with E-state index in [1.165, 1.54) is 45.2 Å². The highest BCUT2D eigenvalue weighted by atomic mass is 16.2. The highest BCUT2D eigenvalue weighted by molar-refractivity contribution is 5.81. The van der Waals surface area contributed by atoms with Crippen LogP contribution in [0, 0.1) is 11.8 Å². The lowest BCUT2D eigenvalue weighted by atomic mass is 9.88. The topological polar surface area (TPSA) is 60.0 Å². The molecule has 6 nitrogen and oxygen atoms in total. The Morgan fingerprint density at radius 3 is 2.48 bits per heavy atom. The lowest BCUT2D eigenvalue weighted by Crippen LogP contribution is -2.46. The molecular formula is C21H39N5O. The number of amides is 1. The second kappa shape index (κ2) is 10.3. The summed E-state index contributed by atoms with van der Waals surface area (Å²) < 4.78 is 0. The highest BCUT2D eigenvalue weighted by Gasteiger charge is 2.31. The van der Waals surface area contributed by atoms with E-state index >= 15 is 0 Å². The molecule has 1 amide bonds. The number of rotatable bonds is 5. The number of nitrogens with zero attached hydrogens (tertiary/aromatic N) is 3. The summed E-state index contributed by atoms with van der Waals surface area (Å²) in [6.07, 6.45) is 9.44. The van der Waals surface area contributed by atoms with Crippen LogP contribution in [0.4, 0.5) is 0 Å². The first-order valence-electron chi connectivity index (χ1n) is 11.2. The van der Waals surface area contributed by atoms with E-state index in [1.54, 1.807) is 0 Å². The molecule has 0 aromatic heterocycles. The third kappa shape index (κ3) is 6.09. The van der Waals surface area contributed by atoms with E-state index in [2.05, 4.69) is 34.4 Å². The Bertz CT molecular complexity index is 495. The van der Waals surface area contributed by atoms with Crippen molar-refractivity contribution in [3.8, 4) is 0 Å². The summed E-state index contributed by atoms with van der Waals surface area (Å²) in [6.45, 7) is 7.98. The van der Waals surface area contributed by atoms with Gasteiger partial charge in [0.25, 0.3) is 0 Å². The van der Waals surface area contributed by atoms with Crippen molar-refractivity contribution < 1.29 is 4.79 Å². The fraction of sp³-hybridized carbons (Fsp3) is 0.905. The number of hydrogen-bond acceptors (Lipinski definition) is 3. The Morgan fingerprint density at radius 1 is 1.04 bits per heavy atom. The second-order valence-electron chi connectivity index (χ2n) is 8.72. The van der Waals surface area contributed by atoms with Crippen LogP contribution < -0.4 is 10.6 Å². The van der Waals surface area contributed by atoms with E-state index < -0.39 is 0 Å². The Hall–Kier alpha value is -1.30. The molecule has 154 valence electrons. The van der Waals surface area contributed by atoms with Crippen LogP contribution in [0.3, 0.4) is 0 Å². The molecule has 2 N–H and O–H groups in total. The van der Waals surface area contributed by atoms with Crippen molar-refractivity contribution in [1.29, 1.82) is 0 Å². The average Bonchev–Trinajstić information content (AvgIpc) is 3.16. The van der Waals surface area contributed by atoms with E-state index in [0.717, 1.165) is 51.4 Å². The van der Waals surface area contributed by atoms with Gasteiger partial charge in [0.15, 0.2) is 5.96 Å². The van der Waals surface area contributed by atoms with E-state index in [1.807, 2.05) is 0 Å². The smallest absolute Gasteiger partial charge is 0.225 e. The minimum Gasteiger partial charge on any atom is -0.357 e. The van der Waals surface area contributed by atoms with Gasteiger partial charge in [-0.2, -0.15) is 0 Å². The standard InChI is InChI=1S/C21H39N5O/c1-3-22-21(23-15-17-9-12-25(2)13-10-17)24-19-11-14-26(16-19)20(27)18-7-5-4-6-8-18/h17-19H,3-16H2,1-2H3,(H2,22,23,24). The maximum atomic E-state index is 12.8. The molecule has 0 spiro atoms. The molecule has 0 radical (unpaired) electrons. The molecular weight excluding hydrogens is 338 g/mol. The third-order valence-corrected chi connectivity index (χ3v) is 6.49. The van der Waals surface area contributed by atoms with Crippen LogP contribution in [-0.4, -0.2) is 74.0 Å². The Labute approximate surface area is 165 Å². The number of nitrogens with one attached hydrogen (secondary N) is 2. The van der Waals surface area contributed by atoms with Crippen molar-refractivity contribution >= 4 is 11.9 Å². The maximum Gasteiger partial charge on any atom is 0.225 e. The molecule has 2 aliphatic heterocycles. The van der Waals surface area contributed by atoms with Gasteiger partial charge in [-0.1, -0.05) is 19.3 Å². The first-order valence-corrected chi connectivity index (χ1v) is 11.2. The SMILES string of the molecule is CCNC(=NCC1CCN(C)CC1)NC1CCN(C(=O)C2CCCCC2)C1. The van der Waals surface area contributed by atoms with Crippen molar-refractivity contribution in [2.24, 2.45) is 16.8 Å². The number of guanidine groups is 1. The monoisotopic (exact) mass is 377 g/mol. The van der Waals surface area contributed by atoms with Crippen molar-refractivity contribution in [2.75, 3.05) is 46.3 Å². The summed E-state index contributed by atoms with van der Waals surface area (Å²) in [7, 11) is 2.20. The van der Waals surface area contributed by atoms with Crippen molar-refractivity contribution in [3.05, 3.63) is 0 Å². The van der Waals surface area contributed by atoms with Gasteiger partial charge in [-0.15, -0.1) is 0 Å². The first kappa shape index (κ1) is 20.4. The fourth-order valence-electron chi connectivity index (χ4n) is 4.66. The molecule has 3 fully saturated rings. The molecule has 2 saturated heterocycles. The van der Waals surface area contributed by atoms with Crippen LogP contribution in [0.25, 0.3) is 0 Å². The molecule has 3 aliphatic rings. The van der Waals surface area contributed by atoms with E-state index in [4.69, 9.17) is 4.99 Å². The number of hydrogen-bond donors (Lipinski definition) is 2. The number of carbonyl (C=O) groups is 1. The maximum absolute atomic E-state index is 12.8. The minimum absolute atomic E-state index is 0.281. The summed E-state index contributed by atoms with van der Waals surface area (Å²) in [5.41, 5.74) is 0. The number of aliphatic imine (C=N–C) groups is 1. The van der Waals surface area contributed by atoms with Crippen LogP contribution in [0.1, 0.15) is 58.3 Å². The van der Waals surface area contributed by atoms with Crippen LogP contribution >= 0.6 is 0 Å². The Morgan fingerprint density at radius 2 is 1.78 bits per heavy atom. The number of carbonyl (C=O) groups excluding carboxylic acids is 1. The normalized spacial score (nSPS) is 26.4. The summed E-state index contributed by atoms with van der Waals surface area (Å²) in [5, 5.41) is 6.98. The predicted octanol–water partition coefficient (Wildman–Crippen LogP) is 2.06. The molecule has 0 aromatic rings. The summed E-state index contributed by atoms with van der Waals surface area (Å²) >= 11 is 0.